The lowest BCUT2D eigenvalue weighted by molar-refractivity contribution is 0.0978. The Morgan fingerprint density at radius 2 is 1.96 bits per heavy atom. The number of Topliss-reactive ketones (excluding diaryl/α,β-unsaturated/α-hetero) is 1. The molecule has 0 radical (unpaired) electrons. The van der Waals surface area contributed by atoms with Crippen LogP contribution >= 0.6 is 11.6 Å². The van der Waals surface area contributed by atoms with E-state index in [-0.39, 0.29) is 5.78 Å². The molecule has 1 unspecified atom stereocenters. The highest BCUT2D eigenvalue weighted by Crippen LogP contribution is 2.35. The Bertz CT molecular complexity index is 870. The largest absolute Gasteiger partial charge is 0.487 e. The van der Waals surface area contributed by atoms with Crippen molar-refractivity contribution in [3.8, 4) is 5.75 Å². The monoisotopic (exact) mass is 325 g/mol. The molecule has 3 nitrogen and oxygen atoms in total. The van der Waals surface area contributed by atoms with E-state index in [1.54, 1.807) is 0 Å². The molecule has 0 fully saturated rings. The van der Waals surface area contributed by atoms with Crippen LogP contribution in [0, 0.1) is 0 Å². The van der Waals surface area contributed by atoms with Crippen LogP contribution < -0.4 is 4.74 Å². The Labute approximate surface area is 139 Å². The van der Waals surface area contributed by atoms with Crippen LogP contribution in [0.4, 0.5) is 0 Å². The van der Waals surface area contributed by atoms with Gasteiger partial charge in [-0.15, -0.1) is 11.6 Å². The summed E-state index contributed by atoms with van der Waals surface area (Å²) in [5, 5.41) is 0.483. The molecule has 1 N–H and O–H groups in total. The summed E-state index contributed by atoms with van der Waals surface area (Å²) < 4.78 is 5.97. The fourth-order valence-corrected chi connectivity index (χ4v) is 3.35. The summed E-state index contributed by atoms with van der Waals surface area (Å²) in [4.78, 5) is 15.8. The van der Waals surface area contributed by atoms with Crippen LogP contribution in [0.3, 0.4) is 0 Å². The van der Waals surface area contributed by atoms with Gasteiger partial charge in [-0.3, -0.25) is 4.79 Å². The number of aryl methyl sites for hydroxylation is 1. The molecule has 0 spiro atoms. The van der Waals surface area contributed by atoms with Crippen LogP contribution in [-0.4, -0.2) is 16.1 Å². The smallest absolute Gasteiger partial charge is 0.183 e. The molecule has 0 bridgehead atoms. The number of halogens is 1. The third kappa shape index (κ3) is 2.51. The van der Waals surface area contributed by atoms with Crippen molar-refractivity contribution in [2.45, 2.75) is 24.8 Å². The van der Waals surface area contributed by atoms with Gasteiger partial charge in [0.15, 0.2) is 5.78 Å². The van der Waals surface area contributed by atoms with Gasteiger partial charge in [0, 0.05) is 16.6 Å². The van der Waals surface area contributed by atoms with Gasteiger partial charge in [0.25, 0.3) is 0 Å². The summed E-state index contributed by atoms with van der Waals surface area (Å²) >= 11 is 6.14. The highest BCUT2D eigenvalue weighted by molar-refractivity contribution is 6.36. The summed E-state index contributed by atoms with van der Waals surface area (Å²) in [6.07, 6.45) is 1.47. The second kappa shape index (κ2) is 5.74. The van der Waals surface area contributed by atoms with Crippen molar-refractivity contribution in [3.05, 3.63) is 65.4 Å². The topological polar surface area (TPSA) is 42.1 Å². The number of alkyl halides is 1. The Morgan fingerprint density at radius 3 is 2.78 bits per heavy atom. The Balaban J connectivity index is 1.72. The number of aromatic nitrogens is 1. The summed E-state index contributed by atoms with van der Waals surface area (Å²) in [5.41, 5.74) is 3.69. The normalized spacial score (nSPS) is 17.3. The van der Waals surface area contributed by atoms with Crippen molar-refractivity contribution in [2.24, 2.45) is 0 Å². The number of hydrogen-bond donors (Lipinski definition) is 1. The first-order valence-electron chi connectivity index (χ1n) is 7.72. The molecule has 3 aromatic rings. The molecule has 1 aliphatic rings. The zero-order valence-electron chi connectivity index (χ0n) is 12.5. The molecule has 4 rings (SSSR count). The molecule has 1 heterocycles. The van der Waals surface area contributed by atoms with Gasteiger partial charge in [-0.25, -0.2) is 0 Å². The fraction of sp³-hybridized carbons (Fsp3) is 0.211. The molecule has 0 saturated carbocycles. The minimum atomic E-state index is -0.421. The van der Waals surface area contributed by atoms with E-state index in [4.69, 9.17) is 16.3 Å². The van der Waals surface area contributed by atoms with Gasteiger partial charge >= 0.3 is 0 Å². The van der Waals surface area contributed by atoms with Crippen LogP contribution in [-0.2, 0) is 13.0 Å². The van der Waals surface area contributed by atoms with E-state index in [0.717, 1.165) is 39.9 Å². The minimum absolute atomic E-state index is 0.0133. The lowest BCUT2D eigenvalue weighted by Crippen LogP contribution is -2.22. The zero-order valence-corrected chi connectivity index (χ0v) is 13.3. The number of carbonyl (C=O) groups is 1. The number of aromatic amines is 1. The van der Waals surface area contributed by atoms with Gasteiger partial charge in [-0.1, -0.05) is 42.5 Å². The van der Waals surface area contributed by atoms with E-state index in [9.17, 15) is 4.79 Å². The van der Waals surface area contributed by atoms with E-state index >= 15 is 0 Å². The SMILES string of the molecule is O=C1c2c([nH]c3c(OCc4ccccc4)cccc23)CCC1Cl. The molecule has 23 heavy (non-hydrogen) atoms. The number of ketones is 1. The number of nitrogens with one attached hydrogen (secondary N) is 1. The predicted octanol–water partition coefficient (Wildman–Crippen LogP) is 4.48. The van der Waals surface area contributed by atoms with Gasteiger partial charge < -0.3 is 9.72 Å². The number of carbonyl (C=O) groups excluding carboxylic acids is 1. The quantitative estimate of drug-likeness (QED) is 0.721. The number of fused-ring (bicyclic) bond motifs is 3. The first kappa shape index (κ1) is 14.3. The second-order valence-corrected chi connectivity index (χ2v) is 6.33. The highest BCUT2D eigenvalue weighted by Gasteiger charge is 2.29. The molecule has 0 amide bonds. The van der Waals surface area contributed by atoms with E-state index in [1.807, 2.05) is 48.5 Å². The minimum Gasteiger partial charge on any atom is -0.487 e. The van der Waals surface area contributed by atoms with E-state index < -0.39 is 5.38 Å². The molecule has 4 heteroatoms. The fourth-order valence-electron chi connectivity index (χ4n) is 3.13. The molecular weight excluding hydrogens is 310 g/mol. The molecular formula is C19H16ClNO2. The first-order chi connectivity index (χ1) is 11.2. The Hall–Kier alpha value is -2.26. The lowest BCUT2D eigenvalue weighted by Gasteiger charge is -2.15. The molecule has 2 aromatic carbocycles. The average molecular weight is 326 g/mol. The van der Waals surface area contributed by atoms with Crippen molar-refractivity contribution in [2.75, 3.05) is 0 Å². The lowest BCUT2D eigenvalue weighted by atomic mass is 9.94. The number of para-hydroxylation sites is 1. The van der Waals surface area contributed by atoms with Gasteiger partial charge in [0.05, 0.1) is 10.9 Å². The molecule has 0 saturated heterocycles. The highest BCUT2D eigenvalue weighted by atomic mass is 35.5. The maximum atomic E-state index is 12.4. The third-order valence-corrected chi connectivity index (χ3v) is 4.71. The molecule has 0 aliphatic heterocycles. The van der Waals surface area contributed by atoms with Crippen LogP contribution in [0.25, 0.3) is 10.9 Å². The Morgan fingerprint density at radius 1 is 1.13 bits per heavy atom. The number of ether oxygens (including phenoxy) is 1. The third-order valence-electron chi connectivity index (χ3n) is 4.29. The van der Waals surface area contributed by atoms with Crippen LogP contribution in [0.1, 0.15) is 28.0 Å². The molecule has 1 aliphatic carbocycles. The van der Waals surface area contributed by atoms with Crippen molar-refractivity contribution in [3.63, 3.8) is 0 Å². The summed E-state index contributed by atoms with van der Waals surface area (Å²) in [6, 6.07) is 15.8. The van der Waals surface area contributed by atoms with Crippen molar-refractivity contribution in [1.29, 1.82) is 0 Å². The summed E-state index contributed by atoms with van der Waals surface area (Å²) in [7, 11) is 0. The van der Waals surface area contributed by atoms with E-state index in [2.05, 4.69) is 4.98 Å². The standard InChI is InChI=1S/C19H16ClNO2/c20-14-9-10-15-17(19(14)22)13-7-4-8-16(18(13)21-15)23-11-12-5-2-1-3-6-12/h1-8,14,21H,9-11H2. The maximum Gasteiger partial charge on any atom is 0.183 e. The zero-order chi connectivity index (χ0) is 15.8. The van der Waals surface area contributed by atoms with Crippen molar-refractivity contribution < 1.29 is 9.53 Å². The maximum absolute atomic E-state index is 12.4. The van der Waals surface area contributed by atoms with Crippen molar-refractivity contribution >= 4 is 28.3 Å². The van der Waals surface area contributed by atoms with Gasteiger partial charge in [0.1, 0.15) is 12.4 Å². The number of H-pyrrole nitrogens is 1. The molecule has 116 valence electrons. The Kier molecular flexibility index (Phi) is 3.58. The number of benzene rings is 2. The van der Waals surface area contributed by atoms with Crippen LogP contribution in [0.15, 0.2) is 48.5 Å². The van der Waals surface area contributed by atoms with E-state index in [0.29, 0.717) is 13.0 Å². The molecule has 1 atom stereocenters. The van der Waals surface area contributed by atoms with E-state index in [1.165, 1.54) is 0 Å². The molecule has 1 aromatic heterocycles. The first-order valence-corrected chi connectivity index (χ1v) is 8.16. The van der Waals surface area contributed by atoms with Gasteiger partial charge in [-0.05, 0) is 24.5 Å². The van der Waals surface area contributed by atoms with Gasteiger partial charge in [0.2, 0.25) is 0 Å². The number of rotatable bonds is 3. The van der Waals surface area contributed by atoms with Crippen LogP contribution in [0.2, 0.25) is 0 Å². The summed E-state index contributed by atoms with van der Waals surface area (Å²) in [6.45, 7) is 0.496. The van der Waals surface area contributed by atoms with Crippen LogP contribution in [0.5, 0.6) is 5.75 Å². The predicted molar refractivity (Wildman–Crippen MR) is 91.4 cm³/mol. The summed E-state index contributed by atoms with van der Waals surface area (Å²) in [5.74, 6) is 0.777. The number of hydrogen-bond acceptors (Lipinski definition) is 2. The average Bonchev–Trinajstić information content (AvgIpc) is 2.97. The van der Waals surface area contributed by atoms with Crippen molar-refractivity contribution in [1.82, 2.24) is 4.98 Å². The second-order valence-electron chi connectivity index (χ2n) is 5.80. The van der Waals surface area contributed by atoms with Gasteiger partial charge in [-0.2, -0.15) is 0 Å².